The summed E-state index contributed by atoms with van der Waals surface area (Å²) in [5.41, 5.74) is 6.25. The van der Waals surface area contributed by atoms with E-state index < -0.39 is 22.2 Å². The zero-order valence-electron chi connectivity index (χ0n) is 21.5. The fraction of sp³-hybridized carbons (Fsp3) is 0.296. The molecular weight excluding hydrogens is 512 g/mol. The van der Waals surface area contributed by atoms with Crippen LogP contribution in [0.5, 0.6) is 0 Å². The Bertz CT molecular complexity index is 1530. The van der Waals surface area contributed by atoms with Crippen LogP contribution in [0.2, 0.25) is 0 Å². The number of aryl methyl sites for hydroxylation is 4. The van der Waals surface area contributed by atoms with E-state index in [1.165, 1.54) is 12.1 Å². The van der Waals surface area contributed by atoms with Crippen molar-refractivity contribution in [2.75, 3.05) is 0 Å². The van der Waals surface area contributed by atoms with Crippen LogP contribution < -0.4 is 0 Å². The molecule has 0 saturated carbocycles. The molecule has 1 amide bonds. The normalized spacial score (nSPS) is 12.2. The Morgan fingerprint density at radius 3 is 2.22 bits per heavy atom. The molecule has 8 nitrogen and oxygen atoms in total. The lowest BCUT2D eigenvalue weighted by atomic mass is 10.1. The number of aromatic nitrogens is 3. The SMILES string of the molecule is CCc1nc2c(C)cc(C)nc2n1-c1ccc(C[C@H](C)N(C(=O)O)S(=O)(=O)c2ccc(C)cc2)cc1.Cl. The van der Waals surface area contributed by atoms with E-state index >= 15 is 0 Å². The fourth-order valence-corrected chi connectivity index (χ4v) is 5.93. The van der Waals surface area contributed by atoms with Gasteiger partial charge in [0.2, 0.25) is 0 Å². The molecule has 0 aliphatic rings. The molecule has 2 aromatic carbocycles. The standard InChI is InChI=1S/C27H30N4O4S.ClH/c1-6-24-29-25-18(3)15-19(4)28-26(25)30(24)22-11-9-21(10-12-22)16-20(5)31(27(32)33)36(34,35)23-13-7-17(2)8-14-23;/h7-15,20H,6,16H2,1-5H3,(H,32,33);1H/t20-;/m0./s1. The monoisotopic (exact) mass is 542 g/mol. The highest BCUT2D eigenvalue weighted by molar-refractivity contribution is 7.89. The lowest BCUT2D eigenvalue weighted by molar-refractivity contribution is 0.162. The summed E-state index contributed by atoms with van der Waals surface area (Å²) >= 11 is 0. The predicted molar refractivity (Wildman–Crippen MR) is 146 cm³/mol. The van der Waals surface area contributed by atoms with Gasteiger partial charge in [0, 0.05) is 17.8 Å². The van der Waals surface area contributed by atoms with Gasteiger partial charge >= 0.3 is 6.09 Å². The molecule has 4 aromatic rings. The number of carbonyl (C=O) groups is 1. The fourth-order valence-electron chi connectivity index (χ4n) is 4.47. The van der Waals surface area contributed by atoms with Gasteiger partial charge in [-0.2, -0.15) is 4.31 Å². The van der Waals surface area contributed by atoms with Crippen molar-refractivity contribution in [3.63, 3.8) is 0 Å². The molecule has 0 radical (unpaired) electrons. The Morgan fingerprint density at radius 2 is 1.65 bits per heavy atom. The Balaban J connectivity index is 0.00000380. The van der Waals surface area contributed by atoms with Crippen LogP contribution >= 0.6 is 12.4 Å². The molecule has 0 fully saturated rings. The second kappa shape index (κ2) is 10.9. The van der Waals surface area contributed by atoms with E-state index in [0.717, 1.165) is 51.5 Å². The first-order valence-electron chi connectivity index (χ1n) is 11.8. The van der Waals surface area contributed by atoms with Gasteiger partial charge in [0.25, 0.3) is 10.0 Å². The first-order chi connectivity index (χ1) is 17.0. The van der Waals surface area contributed by atoms with Gasteiger partial charge in [0.1, 0.15) is 11.3 Å². The Labute approximate surface area is 223 Å². The second-order valence-electron chi connectivity index (χ2n) is 9.09. The maximum atomic E-state index is 13.1. The summed E-state index contributed by atoms with van der Waals surface area (Å²) in [5.74, 6) is 0.897. The third-order valence-corrected chi connectivity index (χ3v) is 8.11. The molecule has 1 N–H and O–H groups in total. The molecule has 4 rings (SSSR count). The summed E-state index contributed by atoms with van der Waals surface area (Å²) in [6, 6.07) is 15.0. The highest BCUT2D eigenvalue weighted by Crippen LogP contribution is 2.25. The van der Waals surface area contributed by atoms with Crippen LogP contribution in [0.3, 0.4) is 0 Å². The second-order valence-corrected chi connectivity index (χ2v) is 10.9. The largest absolute Gasteiger partial charge is 0.464 e. The average Bonchev–Trinajstić information content (AvgIpc) is 3.18. The zero-order valence-corrected chi connectivity index (χ0v) is 23.1. The van der Waals surface area contributed by atoms with E-state index in [-0.39, 0.29) is 23.7 Å². The summed E-state index contributed by atoms with van der Waals surface area (Å²) in [4.78, 5) is 21.5. The summed E-state index contributed by atoms with van der Waals surface area (Å²) in [7, 11) is -4.21. The van der Waals surface area contributed by atoms with Gasteiger partial charge in [-0.3, -0.25) is 4.57 Å². The predicted octanol–water partition coefficient (Wildman–Crippen LogP) is 5.63. The van der Waals surface area contributed by atoms with Crippen molar-refractivity contribution in [3.05, 3.63) is 82.8 Å². The van der Waals surface area contributed by atoms with Crippen LogP contribution in [-0.4, -0.2) is 44.5 Å². The van der Waals surface area contributed by atoms with E-state index in [1.807, 2.05) is 62.6 Å². The van der Waals surface area contributed by atoms with Crippen molar-refractivity contribution >= 4 is 39.7 Å². The van der Waals surface area contributed by atoms with Gasteiger partial charge in [0.15, 0.2) is 5.65 Å². The number of pyridine rings is 1. The first kappa shape index (κ1) is 28.1. The van der Waals surface area contributed by atoms with Gasteiger partial charge in [-0.15, -0.1) is 12.4 Å². The number of rotatable bonds is 7. The van der Waals surface area contributed by atoms with Crippen LogP contribution in [0.15, 0.2) is 59.5 Å². The van der Waals surface area contributed by atoms with E-state index in [2.05, 4.69) is 0 Å². The Morgan fingerprint density at radius 1 is 1.03 bits per heavy atom. The number of sulfonamides is 1. The molecule has 0 unspecified atom stereocenters. The van der Waals surface area contributed by atoms with Crippen molar-refractivity contribution in [2.24, 2.45) is 0 Å². The van der Waals surface area contributed by atoms with Crippen LogP contribution in [0.1, 0.15) is 42.1 Å². The lowest BCUT2D eigenvalue weighted by Crippen LogP contribution is -2.43. The number of imidazole rings is 1. The van der Waals surface area contributed by atoms with Gasteiger partial charge < -0.3 is 5.11 Å². The smallest absolute Gasteiger partial charge is 0.421 e. The quantitative estimate of drug-likeness (QED) is 0.324. The van der Waals surface area contributed by atoms with Crippen LogP contribution in [0, 0.1) is 20.8 Å². The molecule has 0 aliphatic heterocycles. The minimum atomic E-state index is -4.21. The number of amides is 1. The van der Waals surface area contributed by atoms with E-state index in [1.54, 1.807) is 19.1 Å². The number of nitrogens with zero attached hydrogens (tertiary/aromatic N) is 4. The summed E-state index contributed by atoms with van der Waals surface area (Å²) in [6.45, 7) is 9.47. The summed E-state index contributed by atoms with van der Waals surface area (Å²) < 4.78 is 28.8. The third-order valence-electron chi connectivity index (χ3n) is 6.21. The number of hydrogen-bond acceptors (Lipinski definition) is 5. The first-order valence-corrected chi connectivity index (χ1v) is 13.3. The molecular formula is C27H31ClN4O4S. The molecule has 10 heteroatoms. The molecule has 0 aliphatic carbocycles. The van der Waals surface area contributed by atoms with Gasteiger partial charge in [-0.05, 0) is 75.6 Å². The number of benzene rings is 2. The molecule has 196 valence electrons. The van der Waals surface area contributed by atoms with Gasteiger partial charge in [-0.25, -0.2) is 23.2 Å². The van der Waals surface area contributed by atoms with Crippen LogP contribution in [0.4, 0.5) is 4.79 Å². The van der Waals surface area contributed by atoms with Gasteiger partial charge in [-0.1, -0.05) is 36.8 Å². The van der Waals surface area contributed by atoms with E-state index in [9.17, 15) is 18.3 Å². The summed E-state index contributed by atoms with van der Waals surface area (Å²) in [5, 5.41) is 9.77. The molecule has 2 aromatic heterocycles. The highest BCUT2D eigenvalue weighted by Gasteiger charge is 2.33. The molecule has 2 heterocycles. The minimum Gasteiger partial charge on any atom is -0.464 e. The Kier molecular flexibility index (Phi) is 8.29. The van der Waals surface area contributed by atoms with Crippen LogP contribution in [-0.2, 0) is 22.9 Å². The molecule has 0 spiro atoms. The van der Waals surface area contributed by atoms with E-state index in [0.29, 0.717) is 4.31 Å². The molecule has 0 bridgehead atoms. The molecule has 0 saturated heterocycles. The van der Waals surface area contributed by atoms with Crippen molar-refractivity contribution < 1.29 is 18.3 Å². The van der Waals surface area contributed by atoms with Crippen molar-refractivity contribution in [2.45, 2.75) is 58.4 Å². The molecule has 37 heavy (non-hydrogen) atoms. The number of hydrogen-bond donors (Lipinski definition) is 1. The third kappa shape index (κ3) is 5.47. The number of carboxylic acid groups (broad SMARTS) is 1. The number of fused-ring (bicyclic) bond motifs is 1. The topological polar surface area (TPSA) is 105 Å². The number of halogens is 1. The van der Waals surface area contributed by atoms with Crippen molar-refractivity contribution in [3.8, 4) is 5.69 Å². The maximum absolute atomic E-state index is 13.1. The average molecular weight is 543 g/mol. The highest BCUT2D eigenvalue weighted by atomic mass is 35.5. The maximum Gasteiger partial charge on any atom is 0.421 e. The minimum absolute atomic E-state index is 0. The van der Waals surface area contributed by atoms with Crippen molar-refractivity contribution in [1.29, 1.82) is 0 Å². The summed E-state index contributed by atoms with van der Waals surface area (Å²) in [6.07, 6.45) is -0.536. The van der Waals surface area contributed by atoms with Gasteiger partial charge in [0.05, 0.1) is 10.9 Å². The lowest BCUT2D eigenvalue weighted by Gasteiger charge is -2.26. The zero-order chi connectivity index (χ0) is 26.2. The Hall–Kier alpha value is -3.43. The molecule has 1 atom stereocenters. The van der Waals surface area contributed by atoms with Crippen molar-refractivity contribution in [1.82, 2.24) is 18.8 Å². The van der Waals surface area contributed by atoms with Crippen LogP contribution in [0.25, 0.3) is 16.9 Å². The van der Waals surface area contributed by atoms with E-state index in [4.69, 9.17) is 9.97 Å².